The molecular formula is C20H48N6S2. The molecule has 0 spiro atoms. The largest absolute Gasteiger partial charge is 0.329 e. The Hall–Kier alpha value is 0.460. The van der Waals surface area contributed by atoms with Crippen molar-refractivity contribution in [3.63, 3.8) is 0 Å². The third-order valence-electron chi connectivity index (χ3n) is 4.97. The highest BCUT2D eigenvalue weighted by Crippen LogP contribution is 2.30. The fraction of sp³-hybridized carbons (Fsp3) is 1.00. The second kappa shape index (κ2) is 13.7. The van der Waals surface area contributed by atoms with Crippen LogP contribution in [0.1, 0.15) is 27.7 Å². The maximum absolute atomic E-state index is 6.03. The summed E-state index contributed by atoms with van der Waals surface area (Å²) in [7, 11) is 8.39. The van der Waals surface area contributed by atoms with Crippen molar-refractivity contribution in [2.24, 2.45) is 5.73 Å². The molecule has 0 aliphatic rings. The zero-order valence-corrected chi connectivity index (χ0v) is 21.4. The molecule has 0 aliphatic heterocycles. The van der Waals surface area contributed by atoms with Crippen molar-refractivity contribution in [1.29, 1.82) is 0 Å². The van der Waals surface area contributed by atoms with E-state index in [9.17, 15) is 0 Å². The highest BCUT2D eigenvalue weighted by atomic mass is 32.1. The molecule has 0 bridgehead atoms. The van der Waals surface area contributed by atoms with Crippen LogP contribution in [0.25, 0.3) is 0 Å². The minimum absolute atomic E-state index is 0.165. The Morgan fingerprint density at radius 3 is 1.36 bits per heavy atom. The lowest BCUT2D eigenvalue weighted by molar-refractivity contribution is 0.0948. The Kier molecular flexibility index (Phi) is 13.9. The highest BCUT2D eigenvalue weighted by Gasteiger charge is 2.39. The number of nitrogens with one attached hydrogen (secondary N) is 2. The molecule has 0 saturated heterocycles. The molecule has 0 amide bonds. The van der Waals surface area contributed by atoms with Gasteiger partial charge in [-0.15, -0.1) is 0 Å². The van der Waals surface area contributed by atoms with E-state index in [0.717, 1.165) is 45.8 Å². The highest BCUT2D eigenvalue weighted by molar-refractivity contribution is 7.82. The normalized spacial score (nSPS) is 15.6. The molecule has 0 saturated carbocycles. The molecule has 2 atom stereocenters. The van der Waals surface area contributed by atoms with Gasteiger partial charge >= 0.3 is 0 Å². The Morgan fingerprint density at radius 1 is 0.750 bits per heavy atom. The molecular weight excluding hydrogens is 388 g/mol. The van der Waals surface area contributed by atoms with Gasteiger partial charge in [0.15, 0.2) is 0 Å². The van der Waals surface area contributed by atoms with Gasteiger partial charge in [-0.05, 0) is 55.9 Å². The molecule has 0 fully saturated rings. The fourth-order valence-electron chi connectivity index (χ4n) is 3.31. The van der Waals surface area contributed by atoms with E-state index in [2.05, 4.69) is 81.2 Å². The second-order valence-electron chi connectivity index (χ2n) is 9.38. The monoisotopic (exact) mass is 436 g/mol. The van der Waals surface area contributed by atoms with E-state index < -0.39 is 0 Å². The standard InChI is InChI=1S/C20H48N6S2/c1-19(2,27)17(15-22-10-13-24(5)6)26(12-9-21)18(20(3,4)28)16-23-11-14-25(7)8/h17-18,22-23,27-28H,9-16,21H2,1-8H3. The van der Waals surface area contributed by atoms with Crippen LogP contribution in [0.5, 0.6) is 0 Å². The van der Waals surface area contributed by atoms with Gasteiger partial charge in [0.1, 0.15) is 0 Å². The van der Waals surface area contributed by atoms with Crippen LogP contribution in [0.2, 0.25) is 0 Å². The summed E-state index contributed by atoms with van der Waals surface area (Å²) in [5.74, 6) is 0. The summed E-state index contributed by atoms with van der Waals surface area (Å²) in [6.45, 7) is 15.9. The summed E-state index contributed by atoms with van der Waals surface area (Å²) in [4.78, 5) is 6.91. The van der Waals surface area contributed by atoms with Crippen molar-refractivity contribution < 1.29 is 0 Å². The third kappa shape index (κ3) is 12.2. The summed E-state index contributed by atoms with van der Waals surface area (Å²) in [5.41, 5.74) is 6.03. The molecule has 6 nitrogen and oxygen atoms in total. The minimum atomic E-state index is -0.165. The van der Waals surface area contributed by atoms with Crippen LogP contribution >= 0.6 is 25.3 Å². The van der Waals surface area contributed by atoms with Crippen LogP contribution in [0.15, 0.2) is 0 Å². The molecule has 170 valence electrons. The Balaban J connectivity index is 5.34. The summed E-state index contributed by atoms with van der Waals surface area (Å²) in [6, 6.07) is 0.488. The van der Waals surface area contributed by atoms with E-state index in [0.29, 0.717) is 6.54 Å². The molecule has 0 rings (SSSR count). The predicted octanol–water partition coefficient (Wildman–Crippen LogP) is 0.704. The molecule has 0 aromatic heterocycles. The van der Waals surface area contributed by atoms with E-state index >= 15 is 0 Å². The van der Waals surface area contributed by atoms with Gasteiger partial charge in [-0.2, -0.15) is 25.3 Å². The number of hydrogen-bond donors (Lipinski definition) is 5. The van der Waals surface area contributed by atoms with Gasteiger partial charge in [0.2, 0.25) is 0 Å². The van der Waals surface area contributed by atoms with Crippen molar-refractivity contribution in [2.45, 2.75) is 49.3 Å². The lowest BCUT2D eigenvalue weighted by atomic mass is 9.93. The maximum Gasteiger partial charge on any atom is 0.0364 e. The average Bonchev–Trinajstić information content (AvgIpc) is 2.50. The number of hydrogen-bond acceptors (Lipinski definition) is 8. The molecule has 2 unspecified atom stereocenters. The van der Waals surface area contributed by atoms with Crippen LogP contribution in [0, 0.1) is 0 Å². The smallest absolute Gasteiger partial charge is 0.0364 e. The van der Waals surface area contributed by atoms with Gasteiger partial charge in [-0.25, -0.2) is 0 Å². The molecule has 4 N–H and O–H groups in total. The van der Waals surface area contributed by atoms with Crippen molar-refractivity contribution in [1.82, 2.24) is 25.3 Å². The molecule has 0 radical (unpaired) electrons. The van der Waals surface area contributed by atoms with Gasteiger partial charge in [-0.1, -0.05) is 0 Å². The van der Waals surface area contributed by atoms with Gasteiger partial charge in [-0.3, -0.25) is 4.90 Å². The third-order valence-corrected chi connectivity index (χ3v) is 5.56. The SMILES string of the molecule is CN(C)CCNCC(N(CCN)C(CNCCN(C)C)C(C)(C)S)C(C)(C)S. The van der Waals surface area contributed by atoms with Crippen molar-refractivity contribution >= 4 is 25.3 Å². The predicted molar refractivity (Wildman–Crippen MR) is 132 cm³/mol. The van der Waals surface area contributed by atoms with Crippen LogP contribution in [-0.4, -0.2) is 117 Å². The summed E-state index contributed by atoms with van der Waals surface area (Å²) in [6.07, 6.45) is 0. The summed E-state index contributed by atoms with van der Waals surface area (Å²) >= 11 is 9.93. The van der Waals surface area contributed by atoms with Crippen LogP contribution in [0.4, 0.5) is 0 Å². The number of rotatable bonds is 16. The molecule has 0 aliphatic carbocycles. The summed E-state index contributed by atoms with van der Waals surface area (Å²) in [5, 5.41) is 7.25. The van der Waals surface area contributed by atoms with Crippen LogP contribution < -0.4 is 16.4 Å². The quantitative estimate of drug-likeness (QED) is 0.181. The number of thiol groups is 2. The van der Waals surface area contributed by atoms with Gasteiger partial charge < -0.3 is 26.2 Å². The first-order valence-corrected chi connectivity index (χ1v) is 11.3. The van der Waals surface area contributed by atoms with E-state index in [1.54, 1.807) is 0 Å². The zero-order valence-electron chi connectivity index (χ0n) is 19.6. The Labute approximate surface area is 186 Å². The average molecular weight is 437 g/mol. The molecule has 0 heterocycles. The van der Waals surface area contributed by atoms with Crippen molar-refractivity contribution in [3.8, 4) is 0 Å². The Bertz CT molecular complexity index is 359. The second-order valence-corrected chi connectivity index (χ2v) is 11.7. The lowest BCUT2D eigenvalue weighted by Gasteiger charge is -2.48. The van der Waals surface area contributed by atoms with Gasteiger partial charge in [0, 0.05) is 73.9 Å². The summed E-state index contributed by atoms with van der Waals surface area (Å²) < 4.78 is -0.331. The van der Waals surface area contributed by atoms with E-state index in [4.69, 9.17) is 31.0 Å². The first-order valence-electron chi connectivity index (χ1n) is 10.4. The number of nitrogens with two attached hydrogens (primary N) is 1. The molecule has 0 aromatic carbocycles. The van der Waals surface area contributed by atoms with E-state index in [1.807, 2.05) is 0 Å². The number of nitrogens with zero attached hydrogens (tertiary/aromatic N) is 3. The molecule has 8 heteroatoms. The lowest BCUT2D eigenvalue weighted by Crippen LogP contribution is -2.63. The Morgan fingerprint density at radius 2 is 1.11 bits per heavy atom. The van der Waals surface area contributed by atoms with E-state index in [1.165, 1.54) is 0 Å². The molecule has 28 heavy (non-hydrogen) atoms. The van der Waals surface area contributed by atoms with Gasteiger partial charge in [0.25, 0.3) is 0 Å². The van der Waals surface area contributed by atoms with E-state index in [-0.39, 0.29) is 21.6 Å². The molecule has 0 aromatic rings. The zero-order chi connectivity index (χ0) is 22.0. The van der Waals surface area contributed by atoms with Crippen molar-refractivity contribution in [2.75, 3.05) is 80.5 Å². The van der Waals surface area contributed by atoms with Crippen LogP contribution in [-0.2, 0) is 0 Å². The topological polar surface area (TPSA) is 59.8 Å². The fourth-order valence-corrected chi connectivity index (χ4v) is 3.79. The van der Waals surface area contributed by atoms with Crippen molar-refractivity contribution in [3.05, 3.63) is 0 Å². The first-order chi connectivity index (χ1) is 12.8. The first kappa shape index (κ1) is 28.5. The van der Waals surface area contributed by atoms with Crippen LogP contribution in [0.3, 0.4) is 0 Å². The van der Waals surface area contributed by atoms with Gasteiger partial charge in [0.05, 0.1) is 0 Å². The number of likely N-dealkylation sites (N-methyl/N-ethyl adjacent to an activating group) is 2. The maximum atomic E-state index is 6.03. The minimum Gasteiger partial charge on any atom is -0.329 e.